The molecule has 0 radical (unpaired) electrons. The molecule has 1 atom stereocenters. The lowest BCUT2D eigenvalue weighted by molar-refractivity contribution is 0.0420. The molecule has 0 aliphatic carbocycles. The standard InChI is InChI=1S/C18H22ClN3O2/c1-12-4-3-5-14(15(12)19)18(24)22-9-6-13(7-10-22)16(23)17-20-8-11-21(17)2/h3-5,8,11,13,16,23H,6-7,9-10H2,1-2H3. The fourth-order valence-corrected chi connectivity index (χ4v) is 3.48. The molecule has 1 saturated heterocycles. The Hall–Kier alpha value is -1.85. The van der Waals surface area contributed by atoms with Gasteiger partial charge in [0.05, 0.1) is 10.6 Å². The molecule has 24 heavy (non-hydrogen) atoms. The SMILES string of the molecule is Cc1cccc(C(=O)N2CCC(C(O)c3nccn3C)CC2)c1Cl. The Morgan fingerprint density at radius 2 is 2.08 bits per heavy atom. The van der Waals surface area contributed by atoms with E-state index in [4.69, 9.17) is 11.6 Å². The lowest BCUT2D eigenvalue weighted by Crippen LogP contribution is -2.40. The van der Waals surface area contributed by atoms with E-state index in [9.17, 15) is 9.90 Å². The summed E-state index contributed by atoms with van der Waals surface area (Å²) in [5.74, 6) is 0.762. The van der Waals surface area contributed by atoms with E-state index in [1.165, 1.54) is 0 Å². The number of likely N-dealkylation sites (tertiary alicyclic amines) is 1. The molecule has 1 aromatic heterocycles. The van der Waals surface area contributed by atoms with Crippen LogP contribution in [0.25, 0.3) is 0 Å². The summed E-state index contributed by atoms with van der Waals surface area (Å²) in [4.78, 5) is 18.7. The average Bonchev–Trinajstić information content (AvgIpc) is 3.02. The van der Waals surface area contributed by atoms with Gasteiger partial charge < -0.3 is 14.6 Å². The van der Waals surface area contributed by atoms with Crippen LogP contribution in [0.4, 0.5) is 0 Å². The van der Waals surface area contributed by atoms with Gasteiger partial charge in [-0.05, 0) is 37.3 Å². The van der Waals surface area contributed by atoms with E-state index in [1.54, 1.807) is 12.3 Å². The zero-order chi connectivity index (χ0) is 17.3. The van der Waals surface area contributed by atoms with Crippen LogP contribution < -0.4 is 0 Å². The van der Waals surface area contributed by atoms with E-state index in [-0.39, 0.29) is 11.8 Å². The normalized spacial score (nSPS) is 17.1. The van der Waals surface area contributed by atoms with E-state index in [2.05, 4.69) is 4.98 Å². The third kappa shape index (κ3) is 3.19. The van der Waals surface area contributed by atoms with Gasteiger partial charge in [0.25, 0.3) is 5.91 Å². The minimum Gasteiger partial charge on any atom is -0.385 e. The Morgan fingerprint density at radius 1 is 1.38 bits per heavy atom. The number of imidazole rings is 1. The second kappa shape index (κ2) is 6.95. The van der Waals surface area contributed by atoms with Gasteiger partial charge in [-0.25, -0.2) is 4.98 Å². The Bertz CT molecular complexity index is 736. The lowest BCUT2D eigenvalue weighted by atomic mass is 9.90. The monoisotopic (exact) mass is 347 g/mol. The highest BCUT2D eigenvalue weighted by molar-refractivity contribution is 6.34. The zero-order valence-corrected chi connectivity index (χ0v) is 14.7. The third-order valence-electron chi connectivity index (χ3n) is 4.82. The van der Waals surface area contributed by atoms with Gasteiger partial charge >= 0.3 is 0 Å². The molecular formula is C18H22ClN3O2. The molecule has 1 fully saturated rings. The summed E-state index contributed by atoms with van der Waals surface area (Å²) in [6, 6.07) is 5.52. The molecule has 128 valence electrons. The van der Waals surface area contributed by atoms with Crippen LogP contribution in [0.2, 0.25) is 5.02 Å². The molecule has 0 bridgehead atoms. The number of amides is 1. The van der Waals surface area contributed by atoms with Crippen molar-refractivity contribution in [2.45, 2.75) is 25.9 Å². The molecular weight excluding hydrogens is 326 g/mol. The number of halogens is 1. The number of benzene rings is 1. The van der Waals surface area contributed by atoms with Gasteiger partial charge in [-0.3, -0.25) is 4.79 Å². The Kier molecular flexibility index (Phi) is 4.92. The smallest absolute Gasteiger partial charge is 0.255 e. The van der Waals surface area contributed by atoms with Crippen molar-refractivity contribution in [2.24, 2.45) is 13.0 Å². The number of carbonyl (C=O) groups excluding carboxylic acids is 1. The molecule has 1 aromatic carbocycles. The number of aromatic nitrogens is 2. The van der Waals surface area contributed by atoms with Crippen molar-refractivity contribution in [1.29, 1.82) is 0 Å². The van der Waals surface area contributed by atoms with Crippen molar-refractivity contribution in [3.05, 3.63) is 52.6 Å². The summed E-state index contributed by atoms with van der Waals surface area (Å²) < 4.78 is 1.84. The molecule has 6 heteroatoms. The maximum atomic E-state index is 12.7. The molecule has 0 saturated carbocycles. The van der Waals surface area contributed by atoms with Gasteiger partial charge in [0.15, 0.2) is 0 Å². The molecule has 1 aliphatic heterocycles. The van der Waals surface area contributed by atoms with E-state index < -0.39 is 6.10 Å². The molecule has 1 unspecified atom stereocenters. The first-order chi connectivity index (χ1) is 11.5. The predicted molar refractivity (Wildman–Crippen MR) is 93.0 cm³/mol. The van der Waals surface area contributed by atoms with E-state index in [0.29, 0.717) is 29.5 Å². The van der Waals surface area contributed by atoms with Gasteiger partial charge in [0, 0.05) is 32.5 Å². The van der Waals surface area contributed by atoms with Crippen LogP contribution in [-0.2, 0) is 7.05 Å². The topological polar surface area (TPSA) is 58.4 Å². The highest BCUT2D eigenvalue weighted by Gasteiger charge is 2.30. The van der Waals surface area contributed by atoms with E-state index in [0.717, 1.165) is 18.4 Å². The lowest BCUT2D eigenvalue weighted by Gasteiger charge is -2.34. The number of piperidine rings is 1. The maximum Gasteiger partial charge on any atom is 0.255 e. The summed E-state index contributed by atoms with van der Waals surface area (Å²) >= 11 is 6.27. The van der Waals surface area contributed by atoms with E-state index in [1.807, 2.05) is 41.8 Å². The van der Waals surface area contributed by atoms with Crippen LogP contribution in [0.1, 0.15) is 40.7 Å². The molecule has 2 aromatic rings. The van der Waals surface area contributed by atoms with Crippen LogP contribution >= 0.6 is 11.6 Å². The number of aryl methyl sites for hydroxylation is 2. The van der Waals surface area contributed by atoms with Crippen molar-refractivity contribution in [1.82, 2.24) is 14.5 Å². The summed E-state index contributed by atoms with van der Waals surface area (Å²) in [6.45, 7) is 3.14. The summed E-state index contributed by atoms with van der Waals surface area (Å²) in [5.41, 5.74) is 1.46. The molecule has 1 aliphatic rings. The van der Waals surface area contributed by atoms with Crippen LogP contribution in [0.15, 0.2) is 30.6 Å². The van der Waals surface area contributed by atoms with Gasteiger partial charge in [0.1, 0.15) is 11.9 Å². The molecule has 2 heterocycles. The maximum absolute atomic E-state index is 12.7. The van der Waals surface area contributed by atoms with Crippen molar-refractivity contribution in [3.8, 4) is 0 Å². The zero-order valence-electron chi connectivity index (χ0n) is 13.9. The van der Waals surface area contributed by atoms with Crippen LogP contribution in [-0.4, -0.2) is 38.6 Å². The number of hydrogen-bond acceptors (Lipinski definition) is 3. The van der Waals surface area contributed by atoms with Crippen molar-refractivity contribution < 1.29 is 9.90 Å². The van der Waals surface area contributed by atoms with Crippen LogP contribution in [0, 0.1) is 12.8 Å². The largest absolute Gasteiger partial charge is 0.385 e. The summed E-state index contributed by atoms with van der Waals surface area (Å²) in [7, 11) is 1.88. The number of carbonyl (C=O) groups is 1. The first kappa shape index (κ1) is 17.0. The molecule has 1 N–H and O–H groups in total. The summed E-state index contributed by atoms with van der Waals surface area (Å²) in [5, 5.41) is 11.1. The quantitative estimate of drug-likeness (QED) is 0.928. The highest BCUT2D eigenvalue weighted by atomic mass is 35.5. The Balaban J connectivity index is 1.66. The number of aliphatic hydroxyl groups excluding tert-OH is 1. The second-order valence-corrected chi connectivity index (χ2v) is 6.79. The number of rotatable bonds is 3. The number of hydrogen-bond donors (Lipinski definition) is 1. The fourth-order valence-electron chi connectivity index (χ4n) is 3.27. The second-order valence-electron chi connectivity index (χ2n) is 6.41. The third-order valence-corrected chi connectivity index (χ3v) is 5.32. The molecule has 3 rings (SSSR count). The first-order valence-corrected chi connectivity index (χ1v) is 8.56. The minimum atomic E-state index is -0.593. The average molecular weight is 348 g/mol. The van der Waals surface area contributed by atoms with Gasteiger partial charge in [-0.1, -0.05) is 23.7 Å². The van der Waals surface area contributed by atoms with Gasteiger partial charge in [-0.15, -0.1) is 0 Å². The van der Waals surface area contributed by atoms with Gasteiger partial charge in [-0.2, -0.15) is 0 Å². The highest BCUT2D eigenvalue weighted by Crippen LogP contribution is 2.31. The molecule has 0 spiro atoms. The molecule has 5 nitrogen and oxygen atoms in total. The van der Waals surface area contributed by atoms with E-state index >= 15 is 0 Å². The van der Waals surface area contributed by atoms with Crippen LogP contribution in [0.5, 0.6) is 0 Å². The Morgan fingerprint density at radius 3 is 2.71 bits per heavy atom. The predicted octanol–water partition coefficient (Wildman–Crippen LogP) is 2.97. The van der Waals surface area contributed by atoms with Crippen molar-refractivity contribution >= 4 is 17.5 Å². The van der Waals surface area contributed by atoms with Crippen molar-refractivity contribution in [2.75, 3.05) is 13.1 Å². The van der Waals surface area contributed by atoms with Crippen molar-refractivity contribution in [3.63, 3.8) is 0 Å². The number of aliphatic hydroxyl groups is 1. The fraction of sp³-hybridized carbons (Fsp3) is 0.444. The van der Waals surface area contributed by atoms with Gasteiger partial charge in [0.2, 0.25) is 0 Å². The Labute approximate surface area is 146 Å². The number of nitrogens with zero attached hydrogens (tertiary/aromatic N) is 3. The summed E-state index contributed by atoms with van der Waals surface area (Å²) in [6.07, 6.45) is 4.44. The first-order valence-electron chi connectivity index (χ1n) is 8.18. The minimum absolute atomic E-state index is 0.0337. The van der Waals surface area contributed by atoms with Crippen LogP contribution in [0.3, 0.4) is 0 Å². The molecule has 1 amide bonds.